The van der Waals surface area contributed by atoms with E-state index in [1.807, 2.05) is 31.9 Å². The van der Waals surface area contributed by atoms with Crippen LogP contribution in [0, 0.1) is 0 Å². The summed E-state index contributed by atoms with van der Waals surface area (Å²) in [6.07, 6.45) is 5.18. The molecule has 3 nitrogen and oxygen atoms in total. The number of rotatable bonds is 3. The van der Waals surface area contributed by atoms with Crippen LogP contribution in [-0.2, 0) is 4.79 Å². The van der Waals surface area contributed by atoms with Gasteiger partial charge >= 0.3 is 0 Å². The molecule has 3 heteroatoms. The molecular weight excluding hydrogens is 176 g/mol. The summed E-state index contributed by atoms with van der Waals surface area (Å²) in [6, 6.07) is -0.0383. The van der Waals surface area contributed by atoms with E-state index >= 15 is 0 Å². The summed E-state index contributed by atoms with van der Waals surface area (Å²) in [5, 5.41) is 0. The minimum Gasteiger partial charge on any atom is -0.342 e. The van der Waals surface area contributed by atoms with Crippen molar-refractivity contribution in [3.8, 4) is 0 Å². The van der Waals surface area contributed by atoms with E-state index in [-0.39, 0.29) is 11.9 Å². The summed E-state index contributed by atoms with van der Waals surface area (Å²) in [7, 11) is 2.01. The Labute approximate surface area is 86.4 Å². The monoisotopic (exact) mass is 196 g/mol. The summed E-state index contributed by atoms with van der Waals surface area (Å²) in [6.45, 7) is 6.62. The van der Waals surface area contributed by atoms with Crippen molar-refractivity contribution in [2.45, 2.75) is 26.3 Å². The first-order valence-electron chi connectivity index (χ1n) is 5.36. The molecule has 0 radical (unpaired) electrons. The Bertz CT molecular complexity index is 221. The molecule has 1 atom stereocenters. The van der Waals surface area contributed by atoms with Gasteiger partial charge in [-0.15, -0.1) is 0 Å². The van der Waals surface area contributed by atoms with E-state index in [1.54, 1.807) is 0 Å². The van der Waals surface area contributed by atoms with Gasteiger partial charge in [0.15, 0.2) is 0 Å². The van der Waals surface area contributed by atoms with Crippen molar-refractivity contribution in [3.05, 3.63) is 12.2 Å². The molecule has 0 spiro atoms. The van der Waals surface area contributed by atoms with Gasteiger partial charge in [-0.3, -0.25) is 9.69 Å². The van der Waals surface area contributed by atoms with E-state index in [1.165, 1.54) is 0 Å². The van der Waals surface area contributed by atoms with E-state index in [0.717, 1.165) is 26.1 Å². The van der Waals surface area contributed by atoms with Gasteiger partial charge in [-0.05, 0) is 27.3 Å². The zero-order valence-electron chi connectivity index (χ0n) is 9.36. The Kier molecular flexibility index (Phi) is 4.14. The molecule has 0 saturated carbocycles. The number of hydrogen-bond donors (Lipinski definition) is 0. The Hall–Kier alpha value is -0.830. The predicted octanol–water partition coefficient (Wildman–Crippen LogP) is 1.12. The zero-order chi connectivity index (χ0) is 10.6. The van der Waals surface area contributed by atoms with Crippen LogP contribution in [0.25, 0.3) is 0 Å². The number of nitrogens with zero attached hydrogens (tertiary/aromatic N) is 2. The molecule has 14 heavy (non-hydrogen) atoms. The van der Waals surface area contributed by atoms with Crippen LogP contribution < -0.4 is 0 Å². The van der Waals surface area contributed by atoms with Gasteiger partial charge in [0.05, 0.1) is 0 Å². The van der Waals surface area contributed by atoms with Gasteiger partial charge in [-0.2, -0.15) is 0 Å². The summed E-state index contributed by atoms with van der Waals surface area (Å²) in [4.78, 5) is 16.0. The topological polar surface area (TPSA) is 23.6 Å². The molecule has 0 aromatic rings. The highest BCUT2D eigenvalue weighted by molar-refractivity contribution is 5.84. The van der Waals surface area contributed by atoms with Gasteiger partial charge in [-0.25, -0.2) is 0 Å². The Morgan fingerprint density at radius 2 is 2.14 bits per heavy atom. The van der Waals surface area contributed by atoms with Crippen LogP contribution in [0.15, 0.2) is 12.2 Å². The Morgan fingerprint density at radius 3 is 2.64 bits per heavy atom. The van der Waals surface area contributed by atoms with Crippen molar-refractivity contribution in [1.82, 2.24) is 9.80 Å². The molecule has 1 unspecified atom stereocenters. The lowest BCUT2D eigenvalue weighted by Crippen LogP contribution is -2.47. The van der Waals surface area contributed by atoms with Crippen molar-refractivity contribution in [3.63, 3.8) is 0 Å². The molecular formula is C11H20N2O. The van der Waals surface area contributed by atoms with E-state index in [2.05, 4.69) is 11.0 Å². The first-order valence-corrected chi connectivity index (χ1v) is 5.36. The average molecular weight is 196 g/mol. The van der Waals surface area contributed by atoms with Crippen LogP contribution in [0.1, 0.15) is 20.3 Å². The molecule has 0 N–H and O–H groups in total. The lowest BCUT2D eigenvalue weighted by molar-refractivity contribution is -0.134. The highest BCUT2D eigenvalue weighted by Gasteiger charge is 2.25. The minimum atomic E-state index is -0.0383. The fourth-order valence-corrected chi connectivity index (χ4v) is 1.78. The quantitative estimate of drug-likeness (QED) is 0.631. The Morgan fingerprint density at radius 1 is 1.50 bits per heavy atom. The normalized spacial score (nSPS) is 22.4. The number of likely N-dealkylation sites (N-methyl/N-ethyl adjacent to an activating group) is 2. The third-order valence-corrected chi connectivity index (χ3v) is 2.77. The first-order chi connectivity index (χ1) is 6.70. The lowest BCUT2D eigenvalue weighted by atomic mass is 10.1. The molecule has 1 amide bonds. The molecule has 1 aliphatic rings. The second kappa shape index (κ2) is 5.15. The molecule has 0 aromatic carbocycles. The third kappa shape index (κ3) is 2.35. The minimum absolute atomic E-state index is 0.0383. The van der Waals surface area contributed by atoms with Gasteiger partial charge in [-0.1, -0.05) is 12.2 Å². The summed E-state index contributed by atoms with van der Waals surface area (Å²) >= 11 is 0. The highest BCUT2D eigenvalue weighted by Crippen LogP contribution is 2.10. The van der Waals surface area contributed by atoms with Crippen LogP contribution in [-0.4, -0.2) is 48.4 Å². The molecule has 80 valence electrons. The van der Waals surface area contributed by atoms with Gasteiger partial charge in [0.1, 0.15) is 6.04 Å². The van der Waals surface area contributed by atoms with Crippen molar-refractivity contribution < 1.29 is 4.79 Å². The largest absolute Gasteiger partial charge is 0.342 e. The molecule has 1 aliphatic heterocycles. The predicted molar refractivity (Wildman–Crippen MR) is 58.1 cm³/mol. The molecule has 1 rings (SSSR count). The average Bonchev–Trinajstić information content (AvgIpc) is 2.20. The summed E-state index contributed by atoms with van der Waals surface area (Å²) < 4.78 is 0. The molecule has 0 bridgehead atoms. The van der Waals surface area contributed by atoms with Crippen LogP contribution >= 0.6 is 0 Å². The molecule has 0 aromatic heterocycles. The van der Waals surface area contributed by atoms with E-state index in [4.69, 9.17) is 0 Å². The maximum absolute atomic E-state index is 12.0. The van der Waals surface area contributed by atoms with Crippen LogP contribution in [0.4, 0.5) is 0 Å². The first kappa shape index (κ1) is 11.2. The van der Waals surface area contributed by atoms with Crippen molar-refractivity contribution in [2.75, 3.05) is 26.7 Å². The SMILES string of the molecule is CCN(CC)C(=O)C1C=CCCN1C. The fourth-order valence-electron chi connectivity index (χ4n) is 1.78. The van der Waals surface area contributed by atoms with E-state index in [9.17, 15) is 4.79 Å². The van der Waals surface area contributed by atoms with E-state index < -0.39 is 0 Å². The molecule has 0 aliphatic carbocycles. The van der Waals surface area contributed by atoms with Gasteiger partial charge < -0.3 is 4.90 Å². The van der Waals surface area contributed by atoms with Crippen molar-refractivity contribution in [1.29, 1.82) is 0 Å². The Balaban J connectivity index is 2.66. The van der Waals surface area contributed by atoms with Crippen molar-refractivity contribution >= 4 is 5.91 Å². The van der Waals surface area contributed by atoms with Crippen LogP contribution in [0.5, 0.6) is 0 Å². The van der Waals surface area contributed by atoms with Gasteiger partial charge in [0.25, 0.3) is 0 Å². The number of carbonyl (C=O) groups is 1. The smallest absolute Gasteiger partial charge is 0.243 e. The third-order valence-electron chi connectivity index (χ3n) is 2.77. The molecule has 0 fully saturated rings. The second-order valence-electron chi connectivity index (χ2n) is 3.65. The zero-order valence-corrected chi connectivity index (χ0v) is 9.36. The highest BCUT2D eigenvalue weighted by atomic mass is 16.2. The number of amides is 1. The van der Waals surface area contributed by atoms with Gasteiger partial charge in [0, 0.05) is 19.6 Å². The van der Waals surface area contributed by atoms with Gasteiger partial charge in [0.2, 0.25) is 5.91 Å². The number of hydrogen-bond acceptors (Lipinski definition) is 2. The second-order valence-corrected chi connectivity index (χ2v) is 3.65. The lowest BCUT2D eigenvalue weighted by Gasteiger charge is -2.31. The number of carbonyl (C=O) groups excluding carboxylic acids is 1. The maximum atomic E-state index is 12.0. The molecule has 0 saturated heterocycles. The molecule has 1 heterocycles. The fraction of sp³-hybridized carbons (Fsp3) is 0.727. The maximum Gasteiger partial charge on any atom is 0.243 e. The standard InChI is InChI=1S/C11H20N2O/c1-4-13(5-2)11(14)10-8-6-7-9-12(10)3/h6,8,10H,4-5,7,9H2,1-3H3. The summed E-state index contributed by atoms with van der Waals surface area (Å²) in [5.41, 5.74) is 0. The van der Waals surface area contributed by atoms with Crippen LogP contribution in [0.2, 0.25) is 0 Å². The van der Waals surface area contributed by atoms with Crippen molar-refractivity contribution in [2.24, 2.45) is 0 Å². The summed E-state index contributed by atoms with van der Waals surface area (Å²) in [5.74, 6) is 0.230. The van der Waals surface area contributed by atoms with Crippen LogP contribution in [0.3, 0.4) is 0 Å². The van der Waals surface area contributed by atoms with E-state index in [0.29, 0.717) is 0 Å².